The zero-order valence-corrected chi connectivity index (χ0v) is 11.3. The van der Waals surface area contributed by atoms with E-state index in [9.17, 15) is 9.59 Å². The Bertz CT molecular complexity index is 271. The van der Waals surface area contributed by atoms with Crippen LogP contribution in [0.3, 0.4) is 0 Å². The lowest BCUT2D eigenvalue weighted by Crippen LogP contribution is -2.04. The summed E-state index contributed by atoms with van der Waals surface area (Å²) in [6.45, 7) is 4.83. The maximum Gasteiger partial charge on any atom is 0.306 e. The molecule has 0 aliphatic rings. The maximum atomic E-state index is 11.1. The summed E-state index contributed by atoms with van der Waals surface area (Å²) in [6.07, 6.45) is 3.24. The highest BCUT2D eigenvalue weighted by atomic mass is 16.5. The van der Waals surface area contributed by atoms with Crippen LogP contribution in [0.25, 0.3) is 0 Å². The van der Waals surface area contributed by atoms with Crippen molar-refractivity contribution in [3.63, 3.8) is 0 Å². The highest BCUT2D eigenvalue weighted by Crippen LogP contribution is 1.95. The minimum absolute atomic E-state index is 0.214. The predicted octanol–water partition coefficient (Wildman–Crippen LogP) is 2.46. The molecule has 102 valence electrons. The van der Waals surface area contributed by atoms with E-state index in [1.807, 2.05) is 13.8 Å². The van der Waals surface area contributed by atoms with E-state index >= 15 is 0 Å². The fourth-order valence-electron chi connectivity index (χ4n) is 1.08. The van der Waals surface area contributed by atoms with Gasteiger partial charge in [-0.1, -0.05) is 13.8 Å². The number of rotatable bonds is 8. The van der Waals surface area contributed by atoms with Gasteiger partial charge in [-0.2, -0.15) is 0 Å². The van der Waals surface area contributed by atoms with Crippen LogP contribution in [-0.2, 0) is 19.1 Å². The third-order valence-corrected chi connectivity index (χ3v) is 1.97. The minimum atomic E-state index is -0.214. The fraction of sp³-hybridized carbons (Fsp3) is 0.714. The van der Waals surface area contributed by atoms with Gasteiger partial charge in [0.25, 0.3) is 0 Å². The number of carbonyl (C=O) groups excluding carboxylic acids is 2. The van der Waals surface area contributed by atoms with Crippen LogP contribution in [0.4, 0.5) is 0 Å². The number of carbonyl (C=O) groups is 2. The summed E-state index contributed by atoms with van der Waals surface area (Å²) < 4.78 is 9.80. The summed E-state index contributed by atoms with van der Waals surface area (Å²) in [5.41, 5.74) is 0. The molecule has 18 heavy (non-hydrogen) atoms. The Morgan fingerprint density at radius 1 is 0.833 bits per heavy atom. The molecule has 0 aromatic rings. The fourth-order valence-corrected chi connectivity index (χ4v) is 1.08. The molecular formula is C14H22O4. The van der Waals surface area contributed by atoms with E-state index in [2.05, 4.69) is 11.8 Å². The van der Waals surface area contributed by atoms with Crippen LogP contribution in [0.5, 0.6) is 0 Å². The van der Waals surface area contributed by atoms with Crippen molar-refractivity contribution in [3.05, 3.63) is 0 Å². The third-order valence-electron chi connectivity index (χ3n) is 1.97. The largest absolute Gasteiger partial charge is 0.466 e. The lowest BCUT2D eigenvalue weighted by molar-refractivity contribution is -0.144. The Kier molecular flexibility index (Phi) is 11.0. The first-order valence-corrected chi connectivity index (χ1v) is 6.47. The van der Waals surface area contributed by atoms with Crippen molar-refractivity contribution >= 4 is 11.9 Å². The quantitative estimate of drug-likeness (QED) is 0.493. The van der Waals surface area contributed by atoms with Gasteiger partial charge in [0.1, 0.15) is 0 Å². The number of hydrogen-bond donors (Lipinski definition) is 0. The number of ether oxygens (including phenoxy) is 2. The van der Waals surface area contributed by atoms with Crippen LogP contribution < -0.4 is 0 Å². The second kappa shape index (κ2) is 12.0. The van der Waals surface area contributed by atoms with E-state index in [1.54, 1.807) is 0 Å². The molecule has 0 rings (SSSR count). The predicted molar refractivity (Wildman–Crippen MR) is 68.7 cm³/mol. The molecule has 0 atom stereocenters. The second-order valence-corrected chi connectivity index (χ2v) is 3.79. The SMILES string of the molecule is CCCOC(=O)CCC#CCCC(=O)OCCC. The summed E-state index contributed by atoms with van der Waals surface area (Å²) in [5, 5.41) is 0. The molecule has 0 heterocycles. The maximum absolute atomic E-state index is 11.1. The van der Waals surface area contributed by atoms with E-state index in [0.717, 1.165) is 12.8 Å². The highest BCUT2D eigenvalue weighted by Gasteiger charge is 2.00. The molecule has 0 aromatic carbocycles. The summed E-state index contributed by atoms with van der Waals surface area (Å²) in [5.74, 6) is 5.26. The van der Waals surface area contributed by atoms with Crippen LogP contribution in [-0.4, -0.2) is 25.2 Å². The molecule has 0 aliphatic heterocycles. The average molecular weight is 254 g/mol. The smallest absolute Gasteiger partial charge is 0.306 e. The van der Waals surface area contributed by atoms with E-state index in [1.165, 1.54) is 0 Å². The molecule has 0 aromatic heterocycles. The van der Waals surface area contributed by atoms with Crippen LogP contribution in [0.2, 0.25) is 0 Å². The molecular weight excluding hydrogens is 232 g/mol. The number of hydrogen-bond acceptors (Lipinski definition) is 4. The Labute approximate surface area is 109 Å². The van der Waals surface area contributed by atoms with Gasteiger partial charge in [-0.15, -0.1) is 11.8 Å². The average Bonchev–Trinajstić information content (AvgIpc) is 2.37. The highest BCUT2D eigenvalue weighted by molar-refractivity contribution is 5.70. The van der Waals surface area contributed by atoms with Crippen molar-refractivity contribution in [3.8, 4) is 11.8 Å². The van der Waals surface area contributed by atoms with Crippen LogP contribution in [0.15, 0.2) is 0 Å². The molecule has 0 aliphatic carbocycles. The van der Waals surface area contributed by atoms with Crippen molar-refractivity contribution in [2.45, 2.75) is 52.4 Å². The lowest BCUT2D eigenvalue weighted by Gasteiger charge is -2.00. The minimum Gasteiger partial charge on any atom is -0.466 e. The Morgan fingerprint density at radius 3 is 1.56 bits per heavy atom. The van der Waals surface area contributed by atoms with Crippen LogP contribution >= 0.6 is 0 Å². The van der Waals surface area contributed by atoms with Gasteiger partial charge in [0.05, 0.1) is 26.1 Å². The van der Waals surface area contributed by atoms with Gasteiger partial charge in [-0.25, -0.2) is 0 Å². The second-order valence-electron chi connectivity index (χ2n) is 3.79. The first-order chi connectivity index (χ1) is 8.70. The molecule has 0 unspecified atom stereocenters. The topological polar surface area (TPSA) is 52.6 Å². The molecule has 0 spiro atoms. The molecule has 0 saturated heterocycles. The number of esters is 2. The molecule has 0 radical (unpaired) electrons. The summed E-state index contributed by atoms with van der Waals surface area (Å²) in [6, 6.07) is 0. The van der Waals surface area contributed by atoms with E-state index in [-0.39, 0.29) is 11.9 Å². The summed E-state index contributed by atoms with van der Waals surface area (Å²) in [7, 11) is 0. The molecule has 0 saturated carbocycles. The van der Waals surface area contributed by atoms with Crippen molar-refractivity contribution in [2.75, 3.05) is 13.2 Å². The van der Waals surface area contributed by atoms with Gasteiger partial charge in [0.15, 0.2) is 0 Å². The van der Waals surface area contributed by atoms with Crippen molar-refractivity contribution in [2.24, 2.45) is 0 Å². The van der Waals surface area contributed by atoms with Gasteiger partial charge >= 0.3 is 11.9 Å². The molecule has 4 nitrogen and oxygen atoms in total. The zero-order valence-electron chi connectivity index (χ0n) is 11.3. The molecule has 0 fully saturated rings. The Morgan fingerprint density at radius 2 is 1.22 bits per heavy atom. The van der Waals surface area contributed by atoms with E-state index < -0.39 is 0 Å². The van der Waals surface area contributed by atoms with Crippen LogP contribution in [0.1, 0.15) is 52.4 Å². The normalized spacial score (nSPS) is 9.22. The molecule has 4 heteroatoms. The molecule has 0 bridgehead atoms. The third kappa shape index (κ3) is 11.0. The van der Waals surface area contributed by atoms with Crippen LogP contribution in [0, 0.1) is 11.8 Å². The monoisotopic (exact) mass is 254 g/mol. The lowest BCUT2D eigenvalue weighted by atomic mass is 10.2. The van der Waals surface area contributed by atoms with Gasteiger partial charge in [-0.05, 0) is 12.8 Å². The Balaban J connectivity index is 3.49. The zero-order chi connectivity index (χ0) is 13.6. The summed E-state index contributed by atoms with van der Waals surface area (Å²) >= 11 is 0. The molecule has 0 N–H and O–H groups in total. The van der Waals surface area contributed by atoms with Crippen molar-refractivity contribution < 1.29 is 19.1 Å². The van der Waals surface area contributed by atoms with E-state index in [4.69, 9.17) is 9.47 Å². The van der Waals surface area contributed by atoms with E-state index in [0.29, 0.717) is 38.9 Å². The Hall–Kier alpha value is -1.50. The molecule has 0 amide bonds. The standard InChI is InChI=1S/C14H22O4/c1-3-11-17-13(15)9-7-5-6-8-10-14(16)18-12-4-2/h3-4,7-12H2,1-2H3. The van der Waals surface area contributed by atoms with Gasteiger partial charge < -0.3 is 9.47 Å². The van der Waals surface area contributed by atoms with Crippen molar-refractivity contribution in [1.29, 1.82) is 0 Å². The van der Waals surface area contributed by atoms with Gasteiger partial charge in [0.2, 0.25) is 0 Å². The van der Waals surface area contributed by atoms with Crippen molar-refractivity contribution in [1.82, 2.24) is 0 Å². The van der Waals surface area contributed by atoms with Gasteiger partial charge in [-0.3, -0.25) is 9.59 Å². The summed E-state index contributed by atoms with van der Waals surface area (Å²) in [4.78, 5) is 22.2. The first kappa shape index (κ1) is 16.5. The van der Waals surface area contributed by atoms with Gasteiger partial charge in [0, 0.05) is 12.8 Å². The first-order valence-electron chi connectivity index (χ1n) is 6.47.